The maximum atomic E-state index is 13.5. The minimum atomic E-state index is -1.13. The molecule has 0 unspecified atom stereocenters. The number of urea groups is 1. The number of carbonyl (C=O) groups excluding carboxylic acids is 1. The standard InChI is InChI=1S/C13H17FN2O3/c1-7(2)11(12(17)18)16-13(19)15-10-5-4-8(3)6-9(10)14/h4-7,11H,1-3H3,(H,17,18)(H2,15,16,19)/t11-/m1/s1. The Kier molecular flexibility index (Phi) is 4.86. The van der Waals surface area contributed by atoms with Crippen LogP contribution in [0.1, 0.15) is 19.4 Å². The molecule has 19 heavy (non-hydrogen) atoms. The molecule has 0 radical (unpaired) electrons. The highest BCUT2D eigenvalue weighted by molar-refractivity contribution is 5.92. The second kappa shape index (κ2) is 6.17. The summed E-state index contributed by atoms with van der Waals surface area (Å²) in [4.78, 5) is 22.5. The van der Waals surface area contributed by atoms with Crippen molar-refractivity contribution in [1.82, 2.24) is 5.32 Å². The Morgan fingerprint density at radius 1 is 1.32 bits per heavy atom. The highest BCUT2D eigenvalue weighted by atomic mass is 19.1. The van der Waals surface area contributed by atoms with Crippen LogP contribution in [-0.2, 0) is 4.79 Å². The number of anilines is 1. The normalized spacial score (nSPS) is 12.1. The summed E-state index contributed by atoms with van der Waals surface area (Å²) in [5.41, 5.74) is 0.741. The largest absolute Gasteiger partial charge is 0.480 e. The number of aliphatic carboxylic acids is 1. The van der Waals surface area contributed by atoms with Crippen molar-refractivity contribution in [2.24, 2.45) is 5.92 Å². The number of aryl methyl sites for hydroxylation is 1. The fourth-order valence-corrected chi connectivity index (χ4v) is 1.53. The molecule has 0 bridgehead atoms. The average Bonchev–Trinajstić information content (AvgIpc) is 2.29. The molecule has 0 fully saturated rings. The summed E-state index contributed by atoms with van der Waals surface area (Å²) in [6.45, 7) is 5.07. The molecule has 0 aromatic heterocycles. The van der Waals surface area contributed by atoms with Crippen molar-refractivity contribution in [2.75, 3.05) is 5.32 Å². The van der Waals surface area contributed by atoms with Crippen molar-refractivity contribution in [1.29, 1.82) is 0 Å². The molecule has 0 heterocycles. The van der Waals surface area contributed by atoms with E-state index in [0.717, 1.165) is 5.56 Å². The predicted octanol–water partition coefficient (Wildman–Crippen LogP) is 2.36. The van der Waals surface area contributed by atoms with Gasteiger partial charge in [0.15, 0.2) is 0 Å². The summed E-state index contributed by atoms with van der Waals surface area (Å²) in [6, 6.07) is 2.59. The summed E-state index contributed by atoms with van der Waals surface area (Å²) >= 11 is 0. The Balaban J connectivity index is 2.72. The third kappa shape index (κ3) is 4.24. The van der Waals surface area contributed by atoms with Gasteiger partial charge in [-0.25, -0.2) is 14.0 Å². The van der Waals surface area contributed by atoms with Crippen molar-refractivity contribution in [3.8, 4) is 0 Å². The van der Waals surface area contributed by atoms with Gasteiger partial charge in [-0.3, -0.25) is 0 Å². The monoisotopic (exact) mass is 268 g/mol. The van der Waals surface area contributed by atoms with E-state index < -0.39 is 23.9 Å². The van der Waals surface area contributed by atoms with Gasteiger partial charge >= 0.3 is 12.0 Å². The molecule has 0 aliphatic rings. The van der Waals surface area contributed by atoms with Crippen LogP contribution in [0.4, 0.5) is 14.9 Å². The number of nitrogens with one attached hydrogen (secondary N) is 2. The van der Waals surface area contributed by atoms with Gasteiger partial charge in [-0.15, -0.1) is 0 Å². The molecule has 104 valence electrons. The number of carbonyl (C=O) groups is 2. The van der Waals surface area contributed by atoms with Crippen molar-refractivity contribution in [3.63, 3.8) is 0 Å². The Hall–Kier alpha value is -2.11. The SMILES string of the molecule is Cc1ccc(NC(=O)N[C@@H](C(=O)O)C(C)C)c(F)c1. The maximum absolute atomic E-state index is 13.5. The van der Waals surface area contributed by atoms with Crippen LogP contribution < -0.4 is 10.6 Å². The molecule has 0 aliphatic heterocycles. The zero-order chi connectivity index (χ0) is 14.6. The minimum Gasteiger partial charge on any atom is -0.480 e. The highest BCUT2D eigenvalue weighted by Gasteiger charge is 2.23. The molecule has 6 heteroatoms. The molecule has 1 aromatic rings. The summed E-state index contributed by atoms with van der Waals surface area (Å²) < 4.78 is 13.5. The number of benzene rings is 1. The number of rotatable bonds is 4. The van der Waals surface area contributed by atoms with Gasteiger partial charge in [0, 0.05) is 0 Å². The van der Waals surface area contributed by atoms with E-state index in [0.29, 0.717) is 0 Å². The molecular formula is C13H17FN2O3. The minimum absolute atomic E-state index is 0.0102. The van der Waals surface area contributed by atoms with Crippen molar-refractivity contribution >= 4 is 17.7 Å². The van der Waals surface area contributed by atoms with Crippen LogP contribution in [0.15, 0.2) is 18.2 Å². The number of hydrogen-bond donors (Lipinski definition) is 3. The summed E-state index contributed by atoms with van der Waals surface area (Å²) in [7, 11) is 0. The lowest BCUT2D eigenvalue weighted by Crippen LogP contribution is -2.46. The summed E-state index contributed by atoms with van der Waals surface area (Å²) in [5.74, 6) is -1.97. The van der Waals surface area contributed by atoms with E-state index in [9.17, 15) is 14.0 Å². The first-order valence-electron chi connectivity index (χ1n) is 5.87. The molecule has 0 aliphatic carbocycles. The maximum Gasteiger partial charge on any atom is 0.326 e. The second-order valence-electron chi connectivity index (χ2n) is 4.64. The Bertz CT molecular complexity index is 489. The van der Waals surface area contributed by atoms with E-state index >= 15 is 0 Å². The van der Waals surface area contributed by atoms with Gasteiger partial charge in [0.25, 0.3) is 0 Å². The van der Waals surface area contributed by atoms with Gasteiger partial charge in [0.1, 0.15) is 11.9 Å². The first-order chi connectivity index (χ1) is 8.81. The first kappa shape index (κ1) is 14.9. The highest BCUT2D eigenvalue weighted by Crippen LogP contribution is 2.15. The molecule has 3 N–H and O–H groups in total. The predicted molar refractivity (Wildman–Crippen MR) is 69.6 cm³/mol. The number of halogens is 1. The third-order valence-electron chi connectivity index (χ3n) is 2.59. The Labute approximate surface area is 110 Å². The van der Waals surface area contributed by atoms with Gasteiger partial charge in [-0.05, 0) is 30.5 Å². The topological polar surface area (TPSA) is 78.4 Å². The van der Waals surface area contributed by atoms with E-state index in [1.165, 1.54) is 12.1 Å². The van der Waals surface area contributed by atoms with Gasteiger partial charge in [0.2, 0.25) is 0 Å². The van der Waals surface area contributed by atoms with Crippen LogP contribution in [0.5, 0.6) is 0 Å². The lowest BCUT2D eigenvalue weighted by atomic mass is 10.1. The van der Waals surface area contributed by atoms with Gasteiger partial charge in [-0.2, -0.15) is 0 Å². The molecular weight excluding hydrogens is 251 g/mol. The first-order valence-corrected chi connectivity index (χ1v) is 5.87. The van der Waals surface area contributed by atoms with Crippen LogP contribution in [-0.4, -0.2) is 23.1 Å². The summed E-state index contributed by atoms with van der Waals surface area (Å²) in [6.07, 6.45) is 0. The third-order valence-corrected chi connectivity index (χ3v) is 2.59. The molecule has 0 saturated heterocycles. The van der Waals surface area contributed by atoms with Crippen LogP contribution in [0.3, 0.4) is 0 Å². The van der Waals surface area contributed by atoms with E-state index in [1.54, 1.807) is 26.8 Å². The lowest BCUT2D eigenvalue weighted by molar-refractivity contribution is -0.140. The molecule has 1 rings (SSSR count). The van der Waals surface area contributed by atoms with Crippen LogP contribution >= 0.6 is 0 Å². The van der Waals surface area contributed by atoms with Crippen LogP contribution in [0, 0.1) is 18.7 Å². The van der Waals surface area contributed by atoms with E-state index in [2.05, 4.69) is 10.6 Å². The number of carboxylic acids is 1. The van der Waals surface area contributed by atoms with E-state index in [4.69, 9.17) is 5.11 Å². The molecule has 0 saturated carbocycles. The van der Waals surface area contributed by atoms with Gasteiger partial charge in [-0.1, -0.05) is 19.9 Å². The summed E-state index contributed by atoms with van der Waals surface area (Å²) in [5, 5.41) is 13.5. The molecule has 5 nitrogen and oxygen atoms in total. The number of hydrogen-bond acceptors (Lipinski definition) is 2. The van der Waals surface area contributed by atoms with Crippen molar-refractivity contribution in [2.45, 2.75) is 26.8 Å². The van der Waals surface area contributed by atoms with Crippen molar-refractivity contribution in [3.05, 3.63) is 29.6 Å². The molecule has 0 spiro atoms. The Morgan fingerprint density at radius 3 is 2.42 bits per heavy atom. The fraction of sp³-hybridized carbons (Fsp3) is 0.385. The zero-order valence-corrected chi connectivity index (χ0v) is 11.0. The van der Waals surface area contributed by atoms with Crippen LogP contribution in [0.2, 0.25) is 0 Å². The average molecular weight is 268 g/mol. The zero-order valence-electron chi connectivity index (χ0n) is 11.0. The van der Waals surface area contributed by atoms with Gasteiger partial charge < -0.3 is 15.7 Å². The molecule has 2 amide bonds. The smallest absolute Gasteiger partial charge is 0.326 e. The van der Waals surface area contributed by atoms with Crippen LogP contribution in [0.25, 0.3) is 0 Å². The molecule has 1 atom stereocenters. The van der Waals surface area contributed by atoms with Gasteiger partial charge in [0.05, 0.1) is 5.69 Å². The Morgan fingerprint density at radius 2 is 1.95 bits per heavy atom. The number of amides is 2. The van der Waals surface area contributed by atoms with Crippen molar-refractivity contribution < 1.29 is 19.1 Å². The second-order valence-corrected chi connectivity index (χ2v) is 4.64. The number of carboxylic acid groups (broad SMARTS) is 1. The lowest BCUT2D eigenvalue weighted by Gasteiger charge is -2.18. The van der Waals surface area contributed by atoms with E-state index in [1.807, 2.05) is 0 Å². The molecule has 1 aromatic carbocycles. The van der Waals surface area contributed by atoms with E-state index in [-0.39, 0.29) is 11.6 Å². The quantitative estimate of drug-likeness (QED) is 0.784. The fourth-order valence-electron chi connectivity index (χ4n) is 1.53.